The molecule has 15 heavy (non-hydrogen) atoms. The summed E-state index contributed by atoms with van der Waals surface area (Å²) in [6, 6.07) is 0. The third-order valence-corrected chi connectivity index (χ3v) is 2.46. The molecule has 0 amide bonds. The Kier molecular flexibility index (Phi) is 13.8. The number of nitrogens with one attached hydrogen (secondary N) is 2. The molecule has 2 fully saturated rings. The average molecular weight is 216 g/mol. The van der Waals surface area contributed by atoms with E-state index >= 15 is 0 Å². The van der Waals surface area contributed by atoms with E-state index < -0.39 is 0 Å². The minimum absolute atomic E-state index is 0.250. The summed E-state index contributed by atoms with van der Waals surface area (Å²) in [6.07, 6.45) is 9.00. The summed E-state index contributed by atoms with van der Waals surface area (Å²) in [6.45, 7) is 6.49. The Morgan fingerprint density at radius 1 is 0.733 bits per heavy atom. The minimum atomic E-state index is 0.250. The van der Waals surface area contributed by atoms with Gasteiger partial charge in [0.05, 0.1) is 0 Å². The van der Waals surface area contributed by atoms with Gasteiger partial charge in [0, 0.05) is 32.8 Å². The second kappa shape index (κ2) is 13.9. The summed E-state index contributed by atoms with van der Waals surface area (Å²) >= 11 is 0. The molecule has 1 saturated heterocycles. The van der Waals surface area contributed by atoms with Crippen LogP contribution < -0.4 is 10.6 Å². The molecule has 0 bridgehead atoms. The van der Waals surface area contributed by atoms with Gasteiger partial charge in [0.15, 0.2) is 0 Å². The summed E-state index contributed by atoms with van der Waals surface area (Å²) in [4.78, 5) is 0. The van der Waals surface area contributed by atoms with Gasteiger partial charge in [-0.05, 0) is 6.92 Å². The monoisotopic (exact) mass is 216 g/mol. The quantitative estimate of drug-likeness (QED) is 0.575. The number of rotatable bonds is 0. The van der Waals surface area contributed by atoms with Crippen LogP contribution in [0, 0.1) is 0 Å². The molecule has 92 valence electrons. The topological polar surface area (TPSA) is 44.3 Å². The van der Waals surface area contributed by atoms with E-state index in [4.69, 9.17) is 5.11 Å². The molecule has 1 saturated carbocycles. The molecule has 0 aromatic heterocycles. The van der Waals surface area contributed by atoms with Crippen molar-refractivity contribution < 1.29 is 5.11 Å². The maximum Gasteiger partial charge on any atom is 0.0402 e. The van der Waals surface area contributed by atoms with Gasteiger partial charge < -0.3 is 15.7 Å². The van der Waals surface area contributed by atoms with Crippen LogP contribution in [0.1, 0.15) is 45.4 Å². The molecule has 0 spiro atoms. The molecule has 3 nitrogen and oxygen atoms in total. The Morgan fingerprint density at radius 2 is 0.933 bits per heavy atom. The zero-order chi connectivity index (χ0) is 11.2. The zero-order valence-electron chi connectivity index (χ0n) is 10.2. The number of hydrogen-bond acceptors (Lipinski definition) is 3. The van der Waals surface area contributed by atoms with E-state index in [0.717, 1.165) is 26.2 Å². The van der Waals surface area contributed by atoms with Gasteiger partial charge in [0.2, 0.25) is 0 Å². The molecule has 0 atom stereocenters. The molecule has 2 aliphatic rings. The number of hydrogen-bond donors (Lipinski definition) is 3. The van der Waals surface area contributed by atoms with Gasteiger partial charge in [0.1, 0.15) is 0 Å². The Hall–Kier alpha value is -0.120. The average Bonchev–Trinajstić information content (AvgIpc) is 2.35. The summed E-state index contributed by atoms with van der Waals surface area (Å²) in [7, 11) is 0. The highest BCUT2D eigenvalue weighted by Crippen LogP contribution is 2.15. The molecule has 0 radical (unpaired) electrons. The van der Waals surface area contributed by atoms with Gasteiger partial charge >= 0.3 is 0 Å². The molecule has 1 heterocycles. The molecule has 2 rings (SSSR count). The first kappa shape index (κ1) is 14.9. The second-order valence-electron chi connectivity index (χ2n) is 3.94. The lowest BCUT2D eigenvalue weighted by atomic mass is 10.0. The number of aliphatic hydroxyl groups excluding tert-OH is 1. The van der Waals surface area contributed by atoms with Gasteiger partial charge in [-0.1, -0.05) is 38.5 Å². The first-order valence-corrected chi connectivity index (χ1v) is 6.44. The lowest BCUT2D eigenvalue weighted by Crippen LogP contribution is -2.39. The van der Waals surface area contributed by atoms with Crippen LogP contribution >= 0.6 is 0 Å². The van der Waals surface area contributed by atoms with Gasteiger partial charge in [-0.3, -0.25) is 0 Å². The highest BCUT2D eigenvalue weighted by molar-refractivity contribution is 4.59. The van der Waals surface area contributed by atoms with Gasteiger partial charge in [-0.15, -0.1) is 0 Å². The van der Waals surface area contributed by atoms with E-state index in [1.807, 2.05) is 0 Å². The Morgan fingerprint density at radius 3 is 1.07 bits per heavy atom. The fourth-order valence-electron chi connectivity index (χ4n) is 1.66. The van der Waals surface area contributed by atoms with E-state index in [1.165, 1.54) is 38.5 Å². The molecule has 0 unspecified atom stereocenters. The fourth-order valence-corrected chi connectivity index (χ4v) is 1.66. The maximum atomic E-state index is 7.57. The third kappa shape index (κ3) is 13.9. The van der Waals surface area contributed by atoms with E-state index in [-0.39, 0.29) is 6.61 Å². The highest BCUT2D eigenvalue weighted by atomic mass is 16.2. The van der Waals surface area contributed by atoms with E-state index in [0.29, 0.717) is 0 Å². The number of aliphatic hydroxyl groups is 1. The van der Waals surface area contributed by atoms with Crippen molar-refractivity contribution in [3.8, 4) is 0 Å². The lowest BCUT2D eigenvalue weighted by molar-refractivity contribution is 0.318. The smallest absolute Gasteiger partial charge is 0.0402 e. The van der Waals surface area contributed by atoms with Crippen LogP contribution in [0.5, 0.6) is 0 Å². The van der Waals surface area contributed by atoms with E-state index in [2.05, 4.69) is 10.6 Å². The van der Waals surface area contributed by atoms with Crippen molar-refractivity contribution in [2.45, 2.75) is 45.4 Å². The van der Waals surface area contributed by atoms with Gasteiger partial charge in [0.25, 0.3) is 0 Å². The highest BCUT2D eigenvalue weighted by Gasteiger charge is 1.95. The van der Waals surface area contributed by atoms with Crippen LogP contribution in [-0.2, 0) is 0 Å². The normalized spacial score (nSPS) is 20.4. The van der Waals surface area contributed by atoms with Crippen LogP contribution in [0.3, 0.4) is 0 Å². The second-order valence-corrected chi connectivity index (χ2v) is 3.94. The summed E-state index contributed by atoms with van der Waals surface area (Å²) in [5.74, 6) is 0. The van der Waals surface area contributed by atoms with Crippen molar-refractivity contribution in [2.75, 3.05) is 32.8 Å². The standard InChI is InChI=1S/C6H12.C4H10N2.C2H6O/c1-2-4-6-5-3-1;1-2-6-4-3-5-1;1-2-3/h1-6H2;5-6H,1-4H2;3H,2H2,1H3. The Labute approximate surface area is 94.6 Å². The van der Waals surface area contributed by atoms with Crippen LogP contribution in [0.25, 0.3) is 0 Å². The van der Waals surface area contributed by atoms with Crippen LogP contribution in [0.15, 0.2) is 0 Å². The van der Waals surface area contributed by atoms with Crippen LogP contribution in [0.4, 0.5) is 0 Å². The minimum Gasteiger partial charge on any atom is -0.397 e. The number of piperazine rings is 1. The summed E-state index contributed by atoms with van der Waals surface area (Å²) < 4.78 is 0. The van der Waals surface area contributed by atoms with Crippen molar-refractivity contribution in [1.29, 1.82) is 0 Å². The van der Waals surface area contributed by atoms with Crippen molar-refractivity contribution >= 4 is 0 Å². The Bertz CT molecular complexity index is 66.8. The molecular weight excluding hydrogens is 188 g/mol. The van der Waals surface area contributed by atoms with Crippen molar-refractivity contribution in [3.05, 3.63) is 0 Å². The fraction of sp³-hybridized carbons (Fsp3) is 1.00. The van der Waals surface area contributed by atoms with Crippen LogP contribution in [0.2, 0.25) is 0 Å². The third-order valence-electron chi connectivity index (χ3n) is 2.46. The van der Waals surface area contributed by atoms with Crippen LogP contribution in [-0.4, -0.2) is 37.9 Å². The molecule has 1 aliphatic carbocycles. The first-order chi connectivity index (χ1) is 7.41. The van der Waals surface area contributed by atoms with Crippen molar-refractivity contribution in [2.24, 2.45) is 0 Å². The molecular formula is C12H28N2O. The SMILES string of the molecule is C1CCCCC1.C1CNCCN1.CCO. The van der Waals surface area contributed by atoms with Gasteiger partial charge in [-0.2, -0.15) is 0 Å². The Balaban J connectivity index is 0.000000210. The van der Waals surface area contributed by atoms with E-state index in [9.17, 15) is 0 Å². The lowest BCUT2D eigenvalue weighted by Gasteiger charge is -2.11. The predicted molar refractivity (Wildman–Crippen MR) is 66.2 cm³/mol. The predicted octanol–water partition coefficient (Wildman–Crippen LogP) is 1.52. The van der Waals surface area contributed by atoms with Crippen molar-refractivity contribution in [3.63, 3.8) is 0 Å². The van der Waals surface area contributed by atoms with E-state index in [1.54, 1.807) is 6.92 Å². The summed E-state index contributed by atoms with van der Waals surface area (Å²) in [5, 5.41) is 14.0. The molecule has 3 N–H and O–H groups in total. The van der Waals surface area contributed by atoms with Crippen molar-refractivity contribution in [1.82, 2.24) is 10.6 Å². The summed E-state index contributed by atoms with van der Waals surface area (Å²) in [5.41, 5.74) is 0. The first-order valence-electron chi connectivity index (χ1n) is 6.44. The van der Waals surface area contributed by atoms with Gasteiger partial charge in [-0.25, -0.2) is 0 Å². The molecule has 0 aromatic rings. The molecule has 3 heteroatoms. The largest absolute Gasteiger partial charge is 0.397 e. The maximum absolute atomic E-state index is 7.57. The molecule has 1 aliphatic heterocycles. The zero-order valence-corrected chi connectivity index (χ0v) is 10.2. The molecule has 0 aromatic carbocycles.